The lowest BCUT2D eigenvalue weighted by Gasteiger charge is -2.13. The Morgan fingerprint density at radius 2 is 1.79 bits per heavy atom. The molecule has 1 saturated heterocycles. The lowest BCUT2D eigenvalue weighted by Crippen LogP contribution is -2.33. The summed E-state index contributed by atoms with van der Waals surface area (Å²) in [6.07, 6.45) is -1.76. The monoisotopic (exact) mass is 659 g/mol. The summed E-state index contributed by atoms with van der Waals surface area (Å²) in [5.74, 6) is -1.18. The van der Waals surface area contributed by atoms with Crippen molar-refractivity contribution >= 4 is 63.9 Å². The highest BCUT2D eigenvalue weighted by Crippen LogP contribution is 2.35. The number of carbonyl (C=O) groups excluding carboxylic acids is 2. The van der Waals surface area contributed by atoms with Gasteiger partial charge in [-0.1, -0.05) is 57.6 Å². The molecule has 14 nitrogen and oxygen atoms in total. The molecule has 0 spiro atoms. The van der Waals surface area contributed by atoms with Crippen molar-refractivity contribution in [3.05, 3.63) is 64.8 Å². The number of nitrogens with two attached hydrogens (primary N) is 1. The number of nitrogens with zero attached hydrogens (tertiary/aromatic N) is 5. The standard InChI is InChI=1S/C16H9Cl4N3O2.C8H12N4O5/c17-9-2-1-3-10(18)14(9)12-7-13(25-23-12)11-6-8(4-5-21-11)22-16(24)15(19)20;9-6(16)7-10-2-12(11-7)8-5(15)4(14)3(1-13)17-8/h1-7,15H,(H,21,22,24);2-5,8,13-15H,1H2,(H2,9,16)/t;3-,4-,5-,8-/m.1/s1. The molecule has 18 heteroatoms. The Morgan fingerprint density at radius 1 is 1.07 bits per heavy atom. The van der Waals surface area contributed by atoms with Crippen LogP contribution in [-0.2, 0) is 9.53 Å². The van der Waals surface area contributed by atoms with Crippen LogP contribution < -0.4 is 11.1 Å². The van der Waals surface area contributed by atoms with E-state index < -0.39 is 47.8 Å². The van der Waals surface area contributed by atoms with E-state index in [4.69, 9.17) is 66.5 Å². The number of hydrogen-bond acceptors (Lipinski definition) is 11. The molecule has 0 bridgehead atoms. The number of amides is 2. The number of benzene rings is 1. The second-order valence-corrected chi connectivity index (χ2v) is 10.4. The fourth-order valence-electron chi connectivity index (χ4n) is 3.71. The van der Waals surface area contributed by atoms with Crippen LogP contribution in [0.1, 0.15) is 16.8 Å². The molecule has 4 atom stereocenters. The van der Waals surface area contributed by atoms with Crippen LogP contribution in [0.25, 0.3) is 22.7 Å². The Balaban J connectivity index is 0.000000208. The third-order valence-corrected chi connectivity index (χ3v) is 6.74. The lowest BCUT2D eigenvalue weighted by atomic mass is 10.1. The van der Waals surface area contributed by atoms with Crippen molar-refractivity contribution in [3.63, 3.8) is 0 Å². The average Bonchev–Trinajstić information content (AvgIpc) is 3.70. The zero-order valence-corrected chi connectivity index (χ0v) is 24.0. The number of rotatable bonds is 7. The average molecular weight is 661 g/mol. The summed E-state index contributed by atoms with van der Waals surface area (Å²) in [5.41, 5.74) is 6.94. The van der Waals surface area contributed by atoms with Gasteiger partial charge in [-0.3, -0.25) is 14.6 Å². The van der Waals surface area contributed by atoms with Crippen molar-refractivity contribution in [1.29, 1.82) is 0 Å². The number of carbonyl (C=O) groups is 2. The van der Waals surface area contributed by atoms with Crippen LogP contribution in [-0.4, -0.2) is 81.8 Å². The van der Waals surface area contributed by atoms with Crippen LogP contribution in [0.5, 0.6) is 0 Å². The normalized spacial score (nSPS) is 19.8. The second-order valence-electron chi connectivity index (χ2n) is 8.53. The molecule has 4 heterocycles. The van der Waals surface area contributed by atoms with E-state index in [-0.39, 0.29) is 5.82 Å². The number of primary amides is 1. The molecule has 4 aromatic rings. The molecule has 222 valence electrons. The molecule has 1 aliphatic heterocycles. The van der Waals surface area contributed by atoms with E-state index in [1.54, 1.807) is 36.4 Å². The molecule has 3 aromatic heterocycles. The predicted octanol–water partition coefficient (Wildman–Crippen LogP) is 2.44. The van der Waals surface area contributed by atoms with Gasteiger partial charge < -0.3 is 35.6 Å². The van der Waals surface area contributed by atoms with Gasteiger partial charge in [0, 0.05) is 23.5 Å². The molecule has 0 radical (unpaired) electrons. The number of halogens is 4. The Labute approximate surface area is 256 Å². The van der Waals surface area contributed by atoms with Crippen LogP contribution in [0.15, 0.2) is 53.4 Å². The van der Waals surface area contributed by atoms with Gasteiger partial charge in [-0.25, -0.2) is 9.67 Å². The van der Waals surface area contributed by atoms with Gasteiger partial charge >= 0.3 is 0 Å². The van der Waals surface area contributed by atoms with Crippen LogP contribution in [0.4, 0.5) is 5.69 Å². The fraction of sp³-hybridized carbons (Fsp3) is 0.250. The largest absolute Gasteiger partial charge is 0.394 e. The van der Waals surface area contributed by atoms with Crippen molar-refractivity contribution in [2.24, 2.45) is 5.73 Å². The van der Waals surface area contributed by atoms with Crippen LogP contribution in [0.3, 0.4) is 0 Å². The molecule has 42 heavy (non-hydrogen) atoms. The number of aliphatic hydroxyl groups excluding tert-OH is 3. The summed E-state index contributed by atoms with van der Waals surface area (Å²) in [6, 6.07) is 10.0. The molecule has 0 aliphatic carbocycles. The number of aliphatic hydroxyl groups is 3. The van der Waals surface area contributed by atoms with Gasteiger partial charge in [0.2, 0.25) is 5.82 Å². The summed E-state index contributed by atoms with van der Waals surface area (Å²) < 4.78 is 11.6. The molecular formula is C24H21Cl4N7O7. The Bertz CT molecular complexity index is 1550. The maximum atomic E-state index is 11.6. The predicted molar refractivity (Wildman–Crippen MR) is 151 cm³/mol. The Hall–Kier alpha value is -3.34. The minimum atomic E-state index is -1.27. The molecule has 0 saturated carbocycles. The van der Waals surface area contributed by atoms with Gasteiger partial charge in [-0.05, 0) is 24.3 Å². The molecule has 1 aromatic carbocycles. The lowest BCUT2D eigenvalue weighted by molar-refractivity contribution is -0.114. The smallest absolute Gasteiger partial charge is 0.288 e. The van der Waals surface area contributed by atoms with E-state index in [2.05, 4.69) is 25.5 Å². The summed E-state index contributed by atoms with van der Waals surface area (Å²) in [7, 11) is 0. The van der Waals surface area contributed by atoms with Crippen molar-refractivity contribution < 1.29 is 34.2 Å². The number of ether oxygens (including phenoxy) is 1. The quantitative estimate of drug-likeness (QED) is 0.182. The highest BCUT2D eigenvalue weighted by Gasteiger charge is 2.44. The number of hydrogen-bond donors (Lipinski definition) is 5. The third-order valence-electron chi connectivity index (χ3n) is 5.71. The fourth-order valence-corrected chi connectivity index (χ4v) is 4.41. The summed E-state index contributed by atoms with van der Waals surface area (Å²) in [5, 5.41) is 39.2. The highest BCUT2D eigenvalue weighted by atomic mass is 35.5. The Morgan fingerprint density at radius 3 is 2.38 bits per heavy atom. The number of aromatic nitrogens is 5. The SMILES string of the molecule is NC(=O)c1ncn([C@@H]2O[C@H](CO)[C@@H](O)[C@H]2O)n1.O=C(Nc1ccnc(-c2cc(-c3c(Cl)cccc3Cl)no2)c1)C(Cl)Cl. The maximum Gasteiger partial charge on any atom is 0.288 e. The molecular weight excluding hydrogens is 640 g/mol. The minimum absolute atomic E-state index is 0.220. The van der Waals surface area contributed by atoms with Gasteiger partial charge in [-0.2, -0.15) is 0 Å². The maximum absolute atomic E-state index is 11.6. The van der Waals surface area contributed by atoms with E-state index in [1.165, 1.54) is 6.20 Å². The van der Waals surface area contributed by atoms with Crippen LogP contribution in [0.2, 0.25) is 10.0 Å². The van der Waals surface area contributed by atoms with Crippen molar-refractivity contribution in [2.45, 2.75) is 29.4 Å². The van der Waals surface area contributed by atoms with E-state index in [0.29, 0.717) is 38.4 Å². The number of pyridine rings is 1. The second kappa shape index (κ2) is 13.8. The van der Waals surface area contributed by atoms with Crippen LogP contribution in [0, 0.1) is 0 Å². The molecule has 1 aliphatic rings. The first kappa shape index (κ1) is 31.6. The van der Waals surface area contributed by atoms with Crippen molar-refractivity contribution in [2.75, 3.05) is 11.9 Å². The molecule has 5 rings (SSSR count). The first-order valence-corrected chi connectivity index (χ1v) is 13.4. The van der Waals surface area contributed by atoms with Crippen molar-refractivity contribution in [3.8, 4) is 22.7 Å². The first-order chi connectivity index (χ1) is 20.0. The van der Waals surface area contributed by atoms with E-state index in [0.717, 1.165) is 11.0 Å². The van der Waals surface area contributed by atoms with E-state index in [9.17, 15) is 19.8 Å². The van der Waals surface area contributed by atoms with Gasteiger partial charge in [0.15, 0.2) is 16.8 Å². The molecule has 0 unspecified atom stereocenters. The number of nitrogens with one attached hydrogen (secondary N) is 1. The Kier molecular flexibility index (Phi) is 10.3. The summed E-state index contributed by atoms with van der Waals surface area (Å²) >= 11 is 23.4. The number of anilines is 1. The summed E-state index contributed by atoms with van der Waals surface area (Å²) in [6.45, 7) is -0.438. The molecule has 2 amide bonds. The van der Waals surface area contributed by atoms with E-state index >= 15 is 0 Å². The highest BCUT2D eigenvalue weighted by molar-refractivity contribution is 6.54. The first-order valence-electron chi connectivity index (χ1n) is 11.8. The van der Waals surface area contributed by atoms with Crippen LogP contribution >= 0.6 is 46.4 Å². The molecule has 6 N–H and O–H groups in total. The zero-order chi connectivity index (χ0) is 30.6. The van der Waals surface area contributed by atoms with Gasteiger partial charge in [0.1, 0.15) is 36.0 Å². The van der Waals surface area contributed by atoms with Gasteiger partial charge in [0.25, 0.3) is 11.8 Å². The van der Waals surface area contributed by atoms with Gasteiger partial charge in [0.05, 0.1) is 16.7 Å². The minimum Gasteiger partial charge on any atom is -0.394 e. The zero-order valence-electron chi connectivity index (χ0n) is 21.0. The van der Waals surface area contributed by atoms with Crippen molar-refractivity contribution in [1.82, 2.24) is 24.9 Å². The number of alkyl halides is 2. The molecule has 1 fully saturated rings. The van der Waals surface area contributed by atoms with E-state index in [1.807, 2.05) is 0 Å². The van der Waals surface area contributed by atoms with Gasteiger partial charge in [-0.15, -0.1) is 5.10 Å². The third kappa shape index (κ3) is 7.17. The topological polar surface area (TPSA) is 212 Å². The summed E-state index contributed by atoms with van der Waals surface area (Å²) in [4.78, 5) is 29.0.